The number of rotatable bonds is 6. The van der Waals surface area contributed by atoms with Crippen LogP contribution in [0.3, 0.4) is 0 Å². The Hall–Kier alpha value is -1.43. The molecular formula is C14H22N2O4. The number of imide groups is 1. The lowest BCUT2D eigenvalue weighted by atomic mass is 10.1. The maximum absolute atomic E-state index is 11.9. The fourth-order valence-electron chi connectivity index (χ4n) is 2.57. The molecule has 0 aliphatic carbocycles. The molecule has 0 aromatic heterocycles. The Labute approximate surface area is 119 Å². The van der Waals surface area contributed by atoms with Crippen molar-refractivity contribution in [2.24, 2.45) is 0 Å². The molecule has 112 valence electrons. The molecule has 0 radical (unpaired) electrons. The molecule has 20 heavy (non-hydrogen) atoms. The molecule has 2 fully saturated rings. The van der Waals surface area contributed by atoms with E-state index in [0.29, 0.717) is 52.1 Å². The molecule has 2 saturated heterocycles. The molecule has 0 saturated carbocycles. The van der Waals surface area contributed by atoms with Gasteiger partial charge < -0.3 is 9.64 Å². The summed E-state index contributed by atoms with van der Waals surface area (Å²) in [4.78, 5) is 37.9. The predicted molar refractivity (Wildman–Crippen MR) is 71.8 cm³/mol. The van der Waals surface area contributed by atoms with Gasteiger partial charge in [0, 0.05) is 38.9 Å². The van der Waals surface area contributed by atoms with Crippen molar-refractivity contribution >= 4 is 17.7 Å². The van der Waals surface area contributed by atoms with Gasteiger partial charge in [0.15, 0.2) is 0 Å². The van der Waals surface area contributed by atoms with E-state index in [2.05, 4.69) is 0 Å². The van der Waals surface area contributed by atoms with E-state index in [1.54, 1.807) is 0 Å². The maximum Gasteiger partial charge on any atom is 0.229 e. The first-order chi connectivity index (χ1) is 9.68. The Morgan fingerprint density at radius 3 is 2.30 bits per heavy atom. The van der Waals surface area contributed by atoms with Crippen LogP contribution in [-0.4, -0.2) is 60.4 Å². The van der Waals surface area contributed by atoms with Gasteiger partial charge in [-0.3, -0.25) is 19.3 Å². The molecule has 0 aromatic rings. The van der Waals surface area contributed by atoms with Gasteiger partial charge in [0.1, 0.15) is 0 Å². The highest BCUT2D eigenvalue weighted by molar-refractivity contribution is 6.01. The Kier molecular flexibility index (Phi) is 5.52. The number of carbonyl (C=O) groups excluding carboxylic acids is 3. The third-order valence-electron chi connectivity index (χ3n) is 3.79. The number of hydrogen-bond acceptors (Lipinski definition) is 4. The van der Waals surface area contributed by atoms with Gasteiger partial charge in [-0.05, 0) is 12.8 Å². The largest absolute Gasteiger partial charge is 0.378 e. The lowest BCUT2D eigenvalue weighted by Gasteiger charge is -2.26. The summed E-state index contributed by atoms with van der Waals surface area (Å²) in [5.74, 6) is 0.0698. The molecule has 0 aromatic carbocycles. The summed E-state index contributed by atoms with van der Waals surface area (Å²) in [6.07, 6.45) is 3.72. The van der Waals surface area contributed by atoms with Gasteiger partial charge in [0.2, 0.25) is 17.7 Å². The number of unbranched alkanes of at least 4 members (excludes halogenated alkanes) is 2. The number of hydrogen-bond donors (Lipinski definition) is 0. The van der Waals surface area contributed by atoms with Crippen molar-refractivity contribution in [1.29, 1.82) is 0 Å². The molecule has 2 aliphatic heterocycles. The number of carbonyl (C=O) groups is 3. The summed E-state index contributed by atoms with van der Waals surface area (Å²) in [7, 11) is 0. The standard InChI is InChI=1S/C14H22N2O4/c17-12(15-8-10-20-11-9-15)4-2-1-3-7-16-13(18)5-6-14(16)19/h1-11H2. The first-order valence-corrected chi connectivity index (χ1v) is 7.37. The van der Waals surface area contributed by atoms with Crippen molar-refractivity contribution in [3.05, 3.63) is 0 Å². The van der Waals surface area contributed by atoms with Crippen LogP contribution in [0.25, 0.3) is 0 Å². The van der Waals surface area contributed by atoms with E-state index in [-0.39, 0.29) is 17.7 Å². The number of amides is 3. The minimum Gasteiger partial charge on any atom is -0.378 e. The van der Waals surface area contributed by atoms with Crippen LogP contribution in [-0.2, 0) is 19.1 Å². The van der Waals surface area contributed by atoms with Crippen molar-refractivity contribution in [2.45, 2.75) is 38.5 Å². The molecule has 0 bridgehead atoms. The zero-order valence-electron chi connectivity index (χ0n) is 11.8. The predicted octanol–water partition coefficient (Wildman–Crippen LogP) is 0.555. The highest BCUT2D eigenvalue weighted by Gasteiger charge is 2.27. The molecule has 2 rings (SSSR count). The van der Waals surface area contributed by atoms with Crippen LogP contribution in [0.1, 0.15) is 38.5 Å². The number of morpholine rings is 1. The van der Waals surface area contributed by atoms with E-state index in [0.717, 1.165) is 19.3 Å². The first kappa shape index (κ1) is 15.0. The minimum absolute atomic E-state index is 0.0561. The van der Waals surface area contributed by atoms with Gasteiger partial charge in [-0.1, -0.05) is 6.42 Å². The summed E-state index contributed by atoms with van der Waals surface area (Å²) < 4.78 is 5.21. The Morgan fingerprint density at radius 1 is 1.00 bits per heavy atom. The van der Waals surface area contributed by atoms with E-state index in [1.807, 2.05) is 4.90 Å². The van der Waals surface area contributed by atoms with Crippen molar-refractivity contribution < 1.29 is 19.1 Å². The monoisotopic (exact) mass is 282 g/mol. The number of likely N-dealkylation sites (tertiary alicyclic amines) is 1. The number of ether oxygens (including phenoxy) is 1. The summed E-state index contributed by atoms with van der Waals surface area (Å²) in [5, 5.41) is 0. The third-order valence-corrected chi connectivity index (χ3v) is 3.79. The normalized spacial score (nSPS) is 19.8. The molecular weight excluding hydrogens is 260 g/mol. The van der Waals surface area contributed by atoms with Crippen LogP contribution in [0.2, 0.25) is 0 Å². The molecule has 6 heteroatoms. The highest BCUT2D eigenvalue weighted by Crippen LogP contribution is 2.13. The summed E-state index contributed by atoms with van der Waals surface area (Å²) >= 11 is 0. The number of nitrogens with zero attached hydrogens (tertiary/aromatic N) is 2. The van der Waals surface area contributed by atoms with Crippen molar-refractivity contribution in [1.82, 2.24) is 9.80 Å². The summed E-state index contributed by atoms with van der Waals surface area (Å²) in [6.45, 7) is 3.14. The SMILES string of the molecule is O=C(CCCCCN1C(=O)CCC1=O)N1CCOCC1. The highest BCUT2D eigenvalue weighted by atomic mass is 16.5. The zero-order chi connectivity index (χ0) is 14.4. The Morgan fingerprint density at radius 2 is 1.65 bits per heavy atom. The molecule has 0 unspecified atom stereocenters. The van der Waals surface area contributed by atoms with Crippen LogP contribution < -0.4 is 0 Å². The van der Waals surface area contributed by atoms with Crippen LogP contribution in [0.5, 0.6) is 0 Å². The average Bonchev–Trinajstić information content (AvgIpc) is 2.79. The van der Waals surface area contributed by atoms with Crippen molar-refractivity contribution in [3.63, 3.8) is 0 Å². The van der Waals surface area contributed by atoms with Crippen molar-refractivity contribution in [2.75, 3.05) is 32.8 Å². The van der Waals surface area contributed by atoms with Crippen LogP contribution in [0, 0.1) is 0 Å². The van der Waals surface area contributed by atoms with E-state index in [1.165, 1.54) is 4.90 Å². The maximum atomic E-state index is 11.9. The third kappa shape index (κ3) is 4.03. The van der Waals surface area contributed by atoms with Crippen LogP contribution in [0.4, 0.5) is 0 Å². The molecule has 0 atom stereocenters. The minimum atomic E-state index is -0.0561. The topological polar surface area (TPSA) is 66.9 Å². The van der Waals surface area contributed by atoms with Crippen LogP contribution >= 0.6 is 0 Å². The van der Waals surface area contributed by atoms with Crippen LogP contribution in [0.15, 0.2) is 0 Å². The second-order valence-corrected chi connectivity index (χ2v) is 5.24. The van der Waals surface area contributed by atoms with Gasteiger partial charge in [-0.15, -0.1) is 0 Å². The molecule has 2 aliphatic rings. The van der Waals surface area contributed by atoms with Gasteiger partial charge in [0.05, 0.1) is 13.2 Å². The lowest BCUT2D eigenvalue weighted by molar-refractivity contribution is -0.139. The van der Waals surface area contributed by atoms with E-state index in [9.17, 15) is 14.4 Å². The van der Waals surface area contributed by atoms with Gasteiger partial charge in [0.25, 0.3) is 0 Å². The van der Waals surface area contributed by atoms with Gasteiger partial charge >= 0.3 is 0 Å². The molecule has 3 amide bonds. The van der Waals surface area contributed by atoms with E-state index in [4.69, 9.17) is 4.74 Å². The van der Waals surface area contributed by atoms with E-state index < -0.39 is 0 Å². The van der Waals surface area contributed by atoms with Gasteiger partial charge in [-0.25, -0.2) is 0 Å². The fraction of sp³-hybridized carbons (Fsp3) is 0.786. The second-order valence-electron chi connectivity index (χ2n) is 5.24. The quantitative estimate of drug-likeness (QED) is 0.527. The fourth-order valence-corrected chi connectivity index (χ4v) is 2.57. The Balaban J connectivity index is 1.56. The molecule has 0 N–H and O–H groups in total. The second kappa shape index (κ2) is 7.38. The molecule has 6 nitrogen and oxygen atoms in total. The summed E-state index contributed by atoms with van der Waals surface area (Å²) in [5.41, 5.74) is 0. The smallest absolute Gasteiger partial charge is 0.229 e. The molecule has 2 heterocycles. The molecule has 0 spiro atoms. The van der Waals surface area contributed by atoms with E-state index >= 15 is 0 Å². The Bertz CT molecular complexity index is 361. The summed E-state index contributed by atoms with van der Waals surface area (Å²) in [6, 6.07) is 0. The van der Waals surface area contributed by atoms with Crippen molar-refractivity contribution in [3.8, 4) is 0 Å². The lowest BCUT2D eigenvalue weighted by Crippen LogP contribution is -2.40. The van der Waals surface area contributed by atoms with Gasteiger partial charge in [-0.2, -0.15) is 0 Å². The first-order valence-electron chi connectivity index (χ1n) is 7.37. The zero-order valence-corrected chi connectivity index (χ0v) is 11.8. The average molecular weight is 282 g/mol.